The van der Waals surface area contributed by atoms with Gasteiger partial charge in [0.15, 0.2) is 0 Å². The highest BCUT2D eigenvalue weighted by Gasteiger charge is 2.23. The molecule has 0 saturated heterocycles. The van der Waals surface area contributed by atoms with E-state index in [-0.39, 0.29) is 18.4 Å². The number of carboxylic acid groups (broad SMARTS) is 1. The number of hydrogen-bond donors (Lipinski definition) is 3. The summed E-state index contributed by atoms with van der Waals surface area (Å²) in [4.78, 5) is 34.4. The standard InChI is InChI=1S/C15H26N2O4/c1-10(2)14(15(20)21)17-13(19)9-16-12(18)8-11-6-4-3-5-7-11/h10-11,14H,3-9H2,1-2H3,(H,16,18)(H,17,19)(H,20,21)/t14-/m1/s1. The molecular weight excluding hydrogens is 272 g/mol. The molecule has 0 radical (unpaired) electrons. The van der Waals surface area contributed by atoms with Crippen LogP contribution in [0, 0.1) is 11.8 Å². The van der Waals surface area contributed by atoms with E-state index in [0.29, 0.717) is 12.3 Å². The molecule has 3 N–H and O–H groups in total. The van der Waals surface area contributed by atoms with Crippen molar-refractivity contribution in [1.82, 2.24) is 10.6 Å². The second-order valence-electron chi connectivity index (χ2n) is 6.11. The van der Waals surface area contributed by atoms with E-state index in [1.54, 1.807) is 13.8 Å². The molecule has 2 amide bonds. The molecule has 0 spiro atoms. The third-order valence-electron chi connectivity index (χ3n) is 3.89. The Hall–Kier alpha value is -1.59. The summed E-state index contributed by atoms with van der Waals surface area (Å²) in [7, 11) is 0. The third-order valence-corrected chi connectivity index (χ3v) is 3.89. The van der Waals surface area contributed by atoms with Crippen LogP contribution in [0.5, 0.6) is 0 Å². The maximum absolute atomic E-state index is 11.8. The smallest absolute Gasteiger partial charge is 0.326 e. The molecule has 0 bridgehead atoms. The first-order valence-electron chi connectivity index (χ1n) is 7.69. The lowest BCUT2D eigenvalue weighted by Gasteiger charge is -2.21. The Morgan fingerprint density at radius 2 is 1.71 bits per heavy atom. The largest absolute Gasteiger partial charge is 0.480 e. The number of aliphatic carboxylic acids is 1. The van der Waals surface area contributed by atoms with Crippen LogP contribution in [-0.4, -0.2) is 35.5 Å². The van der Waals surface area contributed by atoms with Crippen LogP contribution >= 0.6 is 0 Å². The fourth-order valence-electron chi connectivity index (χ4n) is 2.64. The maximum Gasteiger partial charge on any atom is 0.326 e. The molecule has 1 fully saturated rings. The fourth-order valence-corrected chi connectivity index (χ4v) is 2.64. The molecule has 1 rings (SSSR count). The number of carbonyl (C=O) groups is 3. The Kier molecular flexibility index (Phi) is 7.19. The summed E-state index contributed by atoms with van der Waals surface area (Å²) in [5.41, 5.74) is 0. The van der Waals surface area contributed by atoms with Crippen LogP contribution in [-0.2, 0) is 14.4 Å². The van der Waals surface area contributed by atoms with Gasteiger partial charge < -0.3 is 15.7 Å². The van der Waals surface area contributed by atoms with Gasteiger partial charge in [0, 0.05) is 6.42 Å². The molecule has 0 unspecified atom stereocenters. The first-order chi connectivity index (χ1) is 9.90. The molecule has 0 aromatic carbocycles. The summed E-state index contributed by atoms with van der Waals surface area (Å²) in [5.74, 6) is -1.44. The van der Waals surface area contributed by atoms with Crippen LogP contribution in [0.3, 0.4) is 0 Å². The van der Waals surface area contributed by atoms with E-state index in [9.17, 15) is 14.4 Å². The van der Waals surface area contributed by atoms with Gasteiger partial charge in [-0.05, 0) is 24.7 Å². The molecule has 6 nitrogen and oxygen atoms in total. The molecule has 21 heavy (non-hydrogen) atoms. The van der Waals surface area contributed by atoms with Crippen molar-refractivity contribution in [3.8, 4) is 0 Å². The topological polar surface area (TPSA) is 95.5 Å². The molecule has 1 saturated carbocycles. The van der Waals surface area contributed by atoms with Crippen molar-refractivity contribution in [2.75, 3.05) is 6.54 Å². The summed E-state index contributed by atoms with van der Waals surface area (Å²) in [5, 5.41) is 14.0. The highest BCUT2D eigenvalue weighted by molar-refractivity contribution is 5.88. The number of carbonyl (C=O) groups excluding carboxylic acids is 2. The van der Waals surface area contributed by atoms with Crippen LogP contribution in [0.15, 0.2) is 0 Å². The average molecular weight is 298 g/mol. The third kappa shape index (κ3) is 6.60. The first kappa shape index (κ1) is 17.5. The van der Waals surface area contributed by atoms with Gasteiger partial charge in [0.1, 0.15) is 6.04 Å². The van der Waals surface area contributed by atoms with Crippen LogP contribution < -0.4 is 10.6 Å². The van der Waals surface area contributed by atoms with Crippen molar-refractivity contribution < 1.29 is 19.5 Å². The number of nitrogens with one attached hydrogen (secondary N) is 2. The maximum atomic E-state index is 11.8. The SMILES string of the molecule is CC(C)[C@@H](NC(=O)CNC(=O)CC1CCCCC1)C(=O)O. The lowest BCUT2D eigenvalue weighted by Crippen LogP contribution is -2.48. The van der Waals surface area contributed by atoms with Gasteiger partial charge in [-0.25, -0.2) is 4.79 Å². The minimum absolute atomic E-state index is 0.131. The van der Waals surface area contributed by atoms with Gasteiger partial charge in [-0.15, -0.1) is 0 Å². The van der Waals surface area contributed by atoms with Crippen LogP contribution in [0.4, 0.5) is 0 Å². The number of carboxylic acids is 1. The summed E-state index contributed by atoms with van der Waals surface area (Å²) in [6, 6.07) is -0.923. The van der Waals surface area contributed by atoms with E-state index in [1.807, 2.05) is 0 Å². The molecule has 6 heteroatoms. The van der Waals surface area contributed by atoms with Crippen LogP contribution in [0.25, 0.3) is 0 Å². The number of rotatable bonds is 7. The zero-order valence-corrected chi connectivity index (χ0v) is 12.9. The molecule has 1 atom stereocenters. The van der Waals surface area contributed by atoms with Gasteiger partial charge in [0.2, 0.25) is 11.8 Å². The van der Waals surface area contributed by atoms with E-state index in [4.69, 9.17) is 5.11 Å². The van der Waals surface area contributed by atoms with Gasteiger partial charge >= 0.3 is 5.97 Å². The summed E-state index contributed by atoms with van der Waals surface area (Å²) in [6.07, 6.45) is 6.20. The lowest BCUT2D eigenvalue weighted by atomic mass is 9.87. The van der Waals surface area contributed by atoms with Gasteiger partial charge in [0.05, 0.1) is 6.54 Å². The van der Waals surface area contributed by atoms with E-state index >= 15 is 0 Å². The van der Waals surface area contributed by atoms with Gasteiger partial charge in [-0.2, -0.15) is 0 Å². The predicted molar refractivity (Wildman–Crippen MR) is 78.6 cm³/mol. The molecule has 1 aliphatic carbocycles. The minimum Gasteiger partial charge on any atom is -0.480 e. The first-order valence-corrected chi connectivity index (χ1v) is 7.69. The number of hydrogen-bond acceptors (Lipinski definition) is 3. The average Bonchev–Trinajstić information content (AvgIpc) is 2.43. The fraction of sp³-hybridized carbons (Fsp3) is 0.800. The van der Waals surface area contributed by atoms with Gasteiger partial charge in [-0.3, -0.25) is 9.59 Å². The van der Waals surface area contributed by atoms with Crippen molar-refractivity contribution in [1.29, 1.82) is 0 Å². The highest BCUT2D eigenvalue weighted by Crippen LogP contribution is 2.25. The van der Waals surface area contributed by atoms with Gasteiger partial charge in [0.25, 0.3) is 0 Å². The number of amides is 2. The highest BCUT2D eigenvalue weighted by atomic mass is 16.4. The zero-order valence-electron chi connectivity index (χ0n) is 12.9. The molecule has 0 aliphatic heterocycles. The minimum atomic E-state index is -1.06. The van der Waals surface area contributed by atoms with E-state index < -0.39 is 17.9 Å². The molecule has 120 valence electrons. The Bertz CT molecular complexity index is 376. The molecule has 0 aromatic rings. The molecule has 0 heterocycles. The van der Waals surface area contributed by atoms with E-state index in [0.717, 1.165) is 12.8 Å². The second-order valence-corrected chi connectivity index (χ2v) is 6.11. The second kappa shape index (κ2) is 8.64. The van der Waals surface area contributed by atoms with Crippen LogP contribution in [0.2, 0.25) is 0 Å². The van der Waals surface area contributed by atoms with Gasteiger partial charge in [-0.1, -0.05) is 33.1 Å². The van der Waals surface area contributed by atoms with E-state index in [1.165, 1.54) is 19.3 Å². The van der Waals surface area contributed by atoms with Crippen molar-refractivity contribution in [2.24, 2.45) is 11.8 Å². The van der Waals surface area contributed by atoms with Crippen molar-refractivity contribution in [3.63, 3.8) is 0 Å². The van der Waals surface area contributed by atoms with Crippen molar-refractivity contribution >= 4 is 17.8 Å². The molecule has 0 aromatic heterocycles. The quantitative estimate of drug-likeness (QED) is 0.660. The van der Waals surface area contributed by atoms with Crippen molar-refractivity contribution in [2.45, 2.75) is 58.4 Å². The Morgan fingerprint density at radius 3 is 2.24 bits per heavy atom. The summed E-state index contributed by atoms with van der Waals surface area (Å²) in [6.45, 7) is 3.28. The summed E-state index contributed by atoms with van der Waals surface area (Å²) < 4.78 is 0. The molecular formula is C15H26N2O4. The Morgan fingerprint density at radius 1 is 1.10 bits per heavy atom. The van der Waals surface area contributed by atoms with Crippen LogP contribution in [0.1, 0.15) is 52.4 Å². The zero-order chi connectivity index (χ0) is 15.8. The van der Waals surface area contributed by atoms with Crippen molar-refractivity contribution in [3.05, 3.63) is 0 Å². The predicted octanol–water partition coefficient (Wildman–Crippen LogP) is 1.30. The molecule has 1 aliphatic rings. The lowest BCUT2D eigenvalue weighted by molar-refractivity contribution is -0.143. The monoisotopic (exact) mass is 298 g/mol. The Labute approximate surface area is 125 Å². The Balaban J connectivity index is 2.28. The van der Waals surface area contributed by atoms with E-state index in [2.05, 4.69) is 10.6 Å². The summed E-state index contributed by atoms with van der Waals surface area (Å²) >= 11 is 0. The normalized spacial score (nSPS) is 17.3.